The van der Waals surface area contributed by atoms with Crippen molar-refractivity contribution in [2.45, 2.75) is 51.5 Å². The first-order valence-electron chi connectivity index (χ1n) is 7.80. The SMILES string of the molecule is CC(Cl)c1nc2ccc(Br)cc2n1C1CCCC(C)C1C. The van der Waals surface area contributed by atoms with E-state index in [1.54, 1.807) is 0 Å². The van der Waals surface area contributed by atoms with E-state index >= 15 is 0 Å². The second kappa shape index (κ2) is 5.92. The predicted molar refractivity (Wildman–Crippen MR) is 92.9 cm³/mol. The average molecular weight is 370 g/mol. The second-order valence-electron chi connectivity index (χ2n) is 6.42. The van der Waals surface area contributed by atoms with Crippen LogP contribution in [0.5, 0.6) is 0 Å². The van der Waals surface area contributed by atoms with Crippen molar-refractivity contribution < 1.29 is 0 Å². The fourth-order valence-corrected chi connectivity index (χ4v) is 4.14. The highest BCUT2D eigenvalue weighted by atomic mass is 79.9. The van der Waals surface area contributed by atoms with E-state index < -0.39 is 0 Å². The van der Waals surface area contributed by atoms with E-state index in [1.807, 2.05) is 6.92 Å². The summed E-state index contributed by atoms with van der Waals surface area (Å²) in [5.41, 5.74) is 2.25. The Bertz CT molecular complexity index is 650. The zero-order valence-corrected chi connectivity index (χ0v) is 15.2. The zero-order chi connectivity index (χ0) is 15.1. The molecule has 1 aromatic heterocycles. The van der Waals surface area contributed by atoms with Crippen molar-refractivity contribution in [3.8, 4) is 0 Å². The normalized spacial score (nSPS) is 28.0. The van der Waals surface area contributed by atoms with E-state index in [0.29, 0.717) is 12.0 Å². The number of rotatable bonds is 2. The Morgan fingerprint density at radius 2 is 2.10 bits per heavy atom. The molecule has 0 bridgehead atoms. The van der Waals surface area contributed by atoms with Gasteiger partial charge in [-0.2, -0.15) is 0 Å². The van der Waals surface area contributed by atoms with Crippen LogP contribution in [0.2, 0.25) is 0 Å². The Hall–Kier alpha value is -0.540. The molecule has 4 unspecified atom stereocenters. The number of aromatic nitrogens is 2. The summed E-state index contributed by atoms with van der Waals surface area (Å²) >= 11 is 10.0. The molecule has 0 spiro atoms. The van der Waals surface area contributed by atoms with Crippen LogP contribution in [-0.2, 0) is 0 Å². The summed E-state index contributed by atoms with van der Waals surface area (Å²) in [7, 11) is 0. The molecule has 4 heteroatoms. The van der Waals surface area contributed by atoms with Crippen molar-refractivity contribution in [3.63, 3.8) is 0 Å². The van der Waals surface area contributed by atoms with Gasteiger partial charge in [-0.25, -0.2) is 4.98 Å². The quantitative estimate of drug-likeness (QED) is 0.585. The molecular formula is C17H22BrClN2. The summed E-state index contributed by atoms with van der Waals surface area (Å²) in [6.07, 6.45) is 3.85. The Morgan fingerprint density at radius 1 is 1.33 bits per heavy atom. The number of halogens is 2. The van der Waals surface area contributed by atoms with Gasteiger partial charge in [-0.15, -0.1) is 11.6 Å². The molecule has 114 valence electrons. The third kappa shape index (κ3) is 2.75. The van der Waals surface area contributed by atoms with Crippen LogP contribution in [0.4, 0.5) is 0 Å². The highest BCUT2D eigenvalue weighted by Crippen LogP contribution is 2.41. The maximum atomic E-state index is 6.43. The molecule has 1 aliphatic rings. The molecule has 1 saturated carbocycles. The van der Waals surface area contributed by atoms with E-state index in [9.17, 15) is 0 Å². The number of imidazole rings is 1. The standard InChI is InChI=1S/C17H22BrClN2/c1-10-5-4-6-15(11(10)2)21-16-9-13(18)7-8-14(16)20-17(21)12(3)19/h7-12,15H,4-6H2,1-3H3. The monoisotopic (exact) mass is 368 g/mol. The molecule has 1 aliphatic carbocycles. The van der Waals surface area contributed by atoms with Gasteiger partial charge >= 0.3 is 0 Å². The zero-order valence-electron chi connectivity index (χ0n) is 12.8. The van der Waals surface area contributed by atoms with Crippen molar-refractivity contribution in [2.24, 2.45) is 11.8 Å². The maximum absolute atomic E-state index is 6.43. The summed E-state index contributed by atoms with van der Waals surface area (Å²) in [6.45, 7) is 6.77. The molecule has 1 aromatic carbocycles. The molecule has 0 N–H and O–H groups in total. The smallest absolute Gasteiger partial charge is 0.127 e. The van der Waals surface area contributed by atoms with Crippen LogP contribution in [0.1, 0.15) is 57.3 Å². The molecule has 0 aliphatic heterocycles. The Morgan fingerprint density at radius 3 is 2.81 bits per heavy atom. The van der Waals surface area contributed by atoms with Gasteiger partial charge in [-0.3, -0.25) is 0 Å². The highest BCUT2D eigenvalue weighted by molar-refractivity contribution is 9.10. The molecular weight excluding hydrogens is 348 g/mol. The highest BCUT2D eigenvalue weighted by Gasteiger charge is 2.31. The van der Waals surface area contributed by atoms with Crippen LogP contribution in [0.25, 0.3) is 11.0 Å². The lowest BCUT2D eigenvalue weighted by molar-refractivity contribution is 0.186. The largest absolute Gasteiger partial charge is 0.323 e. The maximum Gasteiger partial charge on any atom is 0.127 e. The van der Waals surface area contributed by atoms with Crippen LogP contribution in [0.15, 0.2) is 22.7 Å². The van der Waals surface area contributed by atoms with Gasteiger partial charge in [-0.05, 0) is 43.4 Å². The fourth-order valence-electron chi connectivity index (χ4n) is 3.63. The summed E-state index contributed by atoms with van der Waals surface area (Å²) in [5, 5.41) is -0.0689. The predicted octanol–water partition coefficient (Wildman–Crippen LogP) is 6.10. The minimum Gasteiger partial charge on any atom is -0.323 e. The molecule has 3 rings (SSSR count). The summed E-state index contributed by atoms with van der Waals surface area (Å²) in [6, 6.07) is 6.81. The van der Waals surface area contributed by atoms with Gasteiger partial charge in [0, 0.05) is 10.5 Å². The van der Waals surface area contributed by atoms with Gasteiger partial charge in [-0.1, -0.05) is 42.6 Å². The first kappa shape index (κ1) is 15.4. The van der Waals surface area contributed by atoms with E-state index in [0.717, 1.165) is 21.7 Å². The second-order valence-corrected chi connectivity index (χ2v) is 7.99. The molecule has 1 heterocycles. The van der Waals surface area contributed by atoms with E-state index in [4.69, 9.17) is 16.6 Å². The molecule has 4 atom stereocenters. The van der Waals surface area contributed by atoms with Crippen LogP contribution in [0.3, 0.4) is 0 Å². The number of fused-ring (bicyclic) bond motifs is 1. The Kier molecular flexibility index (Phi) is 4.33. The number of hydrogen-bond donors (Lipinski definition) is 0. The third-order valence-corrected chi connectivity index (χ3v) is 5.72. The van der Waals surface area contributed by atoms with Gasteiger partial charge in [0.05, 0.1) is 16.4 Å². The van der Waals surface area contributed by atoms with E-state index in [-0.39, 0.29) is 5.38 Å². The lowest BCUT2D eigenvalue weighted by atomic mass is 9.78. The molecule has 0 amide bonds. The Labute approximate surface area is 140 Å². The van der Waals surface area contributed by atoms with E-state index in [1.165, 1.54) is 24.8 Å². The van der Waals surface area contributed by atoms with Crippen LogP contribution < -0.4 is 0 Å². The van der Waals surface area contributed by atoms with Crippen molar-refractivity contribution in [3.05, 3.63) is 28.5 Å². The first-order chi connectivity index (χ1) is 9.99. The topological polar surface area (TPSA) is 17.8 Å². The van der Waals surface area contributed by atoms with E-state index in [2.05, 4.69) is 52.5 Å². The van der Waals surface area contributed by atoms with Crippen LogP contribution in [-0.4, -0.2) is 9.55 Å². The van der Waals surface area contributed by atoms with Gasteiger partial charge < -0.3 is 4.57 Å². The fraction of sp³-hybridized carbons (Fsp3) is 0.588. The number of hydrogen-bond acceptors (Lipinski definition) is 1. The molecule has 0 radical (unpaired) electrons. The van der Waals surface area contributed by atoms with Gasteiger partial charge in [0.15, 0.2) is 0 Å². The lowest BCUT2D eigenvalue weighted by Gasteiger charge is -2.36. The van der Waals surface area contributed by atoms with Crippen LogP contribution in [0, 0.1) is 11.8 Å². The average Bonchev–Trinajstić information content (AvgIpc) is 2.80. The summed E-state index contributed by atoms with van der Waals surface area (Å²) in [4.78, 5) is 4.80. The lowest BCUT2D eigenvalue weighted by Crippen LogP contribution is -2.28. The van der Waals surface area contributed by atoms with Crippen molar-refractivity contribution in [1.82, 2.24) is 9.55 Å². The van der Waals surface area contributed by atoms with Crippen molar-refractivity contribution >= 4 is 38.6 Å². The third-order valence-electron chi connectivity index (χ3n) is 5.03. The van der Waals surface area contributed by atoms with Crippen LogP contribution >= 0.6 is 27.5 Å². The number of nitrogens with zero attached hydrogens (tertiary/aromatic N) is 2. The summed E-state index contributed by atoms with van der Waals surface area (Å²) < 4.78 is 3.51. The first-order valence-corrected chi connectivity index (χ1v) is 9.03. The number of benzene rings is 1. The van der Waals surface area contributed by atoms with Gasteiger partial charge in [0.1, 0.15) is 5.82 Å². The summed E-state index contributed by atoms with van der Waals surface area (Å²) in [5.74, 6) is 2.42. The molecule has 2 aromatic rings. The van der Waals surface area contributed by atoms with Gasteiger partial charge in [0.2, 0.25) is 0 Å². The van der Waals surface area contributed by atoms with Crippen molar-refractivity contribution in [2.75, 3.05) is 0 Å². The van der Waals surface area contributed by atoms with Gasteiger partial charge in [0.25, 0.3) is 0 Å². The number of alkyl halides is 1. The minimum absolute atomic E-state index is 0.0689. The minimum atomic E-state index is -0.0689. The molecule has 21 heavy (non-hydrogen) atoms. The molecule has 0 saturated heterocycles. The molecule has 2 nitrogen and oxygen atoms in total. The molecule has 1 fully saturated rings. The Balaban J connectivity index is 2.18. The van der Waals surface area contributed by atoms with Crippen molar-refractivity contribution in [1.29, 1.82) is 0 Å².